The van der Waals surface area contributed by atoms with Gasteiger partial charge in [-0.3, -0.25) is 4.68 Å². The molecule has 5 aromatic rings. The first-order valence-corrected chi connectivity index (χ1v) is 12.2. The van der Waals surface area contributed by atoms with Gasteiger partial charge in [0, 0.05) is 23.5 Å². The highest BCUT2D eigenvalue weighted by Gasteiger charge is 2.32. The molecule has 37 heavy (non-hydrogen) atoms. The summed E-state index contributed by atoms with van der Waals surface area (Å²) >= 11 is 6.08. The van der Waals surface area contributed by atoms with Gasteiger partial charge >= 0.3 is 0 Å². The van der Waals surface area contributed by atoms with Gasteiger partial charge in [-0.25, -0.2) is 4.39 Å². The molecule has 3 heterocycles. The van der Waals surface area contributed by atoms with Gasteiger partial charge in [0.1, 0.15) is 12.4 Å². The predicted octanol–water partition coefficient (Wildman–Crippen LogP) is 4.59. The lowest BCUT2D eigenvalue weighted by atomic mass is 10.0. The number of rotatable bonds is 7. The molecule has 0 saturated heterocycles. The van der Waals surface area contributed by atoms with Gasteiger partial charge in [-0.1, -0.05) is 36.6 Å². The molecule has 2 N–H and O–H groups in total. The average molecular weight is 517 g/mol. The van der Waals surface area contributed by atoms with Gasteiger partial charge in [0.25, 0.3) is 0 Å². The molecule has 11 heteroatoms. The number of halogens is 2. The first-order valence-electron chi connectivity index (χ1n) is 11.8. The number of nitrogen functional groups attached to an aromatic ring is 1. The number of aromatic nitrogens is 7. The van der Waals surface area contributed by atoms with Crippen molar-refractivity contribution in [3.05, 3.63) is 95.2 Å². The minimum Gasteiger partial charge on any atom is -0.618 e. The van der Waals surface area contributed by atoms with E-state index >= 15 is 4.39 Å². The van der Waals surface area contributed by atoms with Crippen molar-refractivity contribution >= 4 is 17.3 Å². The van der Waals surface area contributed by atoms with E-state index in [4.69, 9.17) is 17.3 Å². The third kappa shape index (κ3) is 4.51. The highest BCUT2D eigenvalue weighted by molar-refractivity contribution is 6.31. The van der Waals surface area contributed by atoms with Gasteiger partial charge < -0.3 is 10.9 Å². The summed E-state index contributed by atoms with van der Waals surface area (Å²) in [6, 6.07) is 13.8. The summed E-state index contributed by atoms with van der Waals surface area (Å²) in [6.45, 7) is 0. The second-order valence-electron chi connectivity index (χ2n) is 9.20. The van der Waals surface area contributed by atoms with Crippen molar-refractivity contribution in [2.45, 2.75) is 25.3 Å². The lowest BCUT2D eigenvalue weighted by molar-refractivity contribution is -0.615. The molecular formula is C26H22ClFN8O. The average Bonchev–Trinajstić information content (AvgIpc) is 3.33. The van der Waals surface area contributed by atoms with Crippen molar-refractivity contribution in [1.29, 1.82) is 0 Å². The van der Waals surface area contributed by atoms with E-state index < -0.39 is 5.82 Å². The fourth-order valence-electron chi connectivity index (χ4n) is 4.54. The molecule has 0 aliphatic heterocycles. The van der Waals surface area contributed by atoms with Gasteiger partial charge in [0.05, 0.1) is 28.0 Å². The van der Waals surface area contributed by atoms with E-state index in [1.807, 2.05) is 35.1 Å². The molecular weight excluding hydrogens is 495 g/mol. The summed E-state index contributed by atoms with van der Waals surface area (Å²) in [4.78, 5) is 0. The van der Waals surface area contributed by atoms with Crippen molar-refractivity contribution in [2.24, 2.45) is 5.92 Å². The van der Waals surface area contributed by atoms with E-state index in [1.54, 1.807) is 24.4 Å². The first-order chi connectivity index (χ1) is 18.0. The van der Waals surface area contributed by atoms with Crippen LogP contribution in [0.3, 0.4) is 0 Å². The predicted molar refractivity (Wildman–Crippen MR) is 136 cm³/mol. The molecule has 186 valence electrons. The lowest BCUT2D eigenvalue weighted by Gasteiger charge is -2.18. The van der Waals surface area contributed by atoms with Crippen molar-refractivity contribution in [1.82, 2.24) is 30.0 Å². The van der Waals surface area contributed by atoms with E-state index in [0.717, 1.165) is 35.1 Å². The SMILES string of the molecule is Nc1ccc(-c2cnn(C(CC3CC3)c3ccc(-c4c(-n5cnnn5)ccc(Cl)c4F)c[n+]3[O-])c2)cc1. The molecule has 2 aromatic carbocycles. The Morgan fingerprint density at radius 1 is 1.08 bits per heavy atom. The van der Waals surface area contributed by atoms with Gasteiger partial charge in [0.15, 0.2) is 12.0 Å². The van der Waals surface area contributed by atoms with Crippen LogP contribution in [0.5, 0.6) is 0 Å². The van der Waals surface area contributed by atoms with E-state index in [2.05, 4.69) is 20.6 Å². The van der Waals surface area contributed by atoms with Crippen LogP contribution >= 0.6 is 11.6 Å². The van der Waals surface area contributed by atoms with E-state index in [1.165, 1.54) is 23.3 Å². The zero-order valence-corrected chi connectivity index (χ0v) is 20.3. The summed E-state index contributed by atoms with van der Waals surface area (Å²) in [5, 5.41) is 29.1. The number of hydrogen-bond donors (Lipinski definition) is 1. The molecule has 1 atom stereocenters. The summed E-state index contributed by atoms with van der Waals surface area (Å²) in [5.74, 6) is -0.122. The summed E-state index contributed by atoms with van der Waals surface area (Å²) < 4.78 is 19.2. The van der Waals surface area contributed by atoms with Gasteiger partial charge in [-0.2, -0.15) is 14.5 Å². The molecule has 1 fully saturated rings. The second-order valence-corrected chi connectivity index (χ2v) is 9.61. The third-order valence-corrected chi connectivity index (χ3v) is 6.95. The first kappa shape index (κ1) is 23.1. The normalized spacial score (nSPS) is 14.1. The zero-order chi connectivity index (χ0) is 25.5. The standard InChI is InChI=1S/C26H22ClFN8O/c27-21-8-10-23(35-15-30-32-33-35)25(26(21)28)18-5-9-22(36(37)14-18)24(11-16-1-2-16)34-13-19(12-31-34)17-3-6-20(29)7-4-17/h3-10,12-16,24H,1-2,11,29H2. The van der Waals surface area contributed by atoms with Crippen LogP contribution < -0.4 is 10.5 Å². The Kier molecular flexibility index (Phi) is 5.80. The maximum absolute atomic E-state index is 15.2. The topological polar surface area (TPSA) is 114 Å². The van der Waals surface area contributed by atoms with Crippen LogP contribution in [0.15, 0.2) is 73.4 Å². The highest BCUT2D eigenvalue weighted by Crippen LogP contribution is 2.39. The Morgan fingerprint density at radius 3 is 2.57 bits per heavy atom. The number of anilines is 1. The minimum absolute atomic E-state index is 0.0632. The Balaban J connectivity index is 1.39. The Bertz CT molecular complexity index is 1560. The Hall–Kier alpha value is -4.31. The largest absolute Gasteiger partial charge is 0.618 e. The van der Waals surface area contributed by atoms with Crippen LogP contribution in [-0.2, 0) is 0 Å². The third-order valence-electron chi connectivity index (χ3n) is 6.66. The molecule has 0 amide bonds. The lowest BCUT2D eigenvalue weighted by Crippen LogP contribution is -2.35. The van der Waals surface area contributed by atoms with E-state index in [9.17, 15) is 5.21 Å². The molecule has 0 bridgehead atoms. The molecule has 0 spiro atoms. The van der Waals surface area contributed by atoms with Gasteiger partial charge in [0.2, 0.25) is 5.69 Å². The number of nitrogens with two attached hydrogens (primary N) is 1. The summed E-state index contributed by atoms with van der Waals surface area (Å²) in [7, 11) is 0. The number of hydrogen-bond acceptors (Lipinski definition) is 6. The van der Waals surface area contributed by atoms with Crippen LogP contribution in [0.4, 0.5) is 10.1 Å². The van der Waals surface area contributed by atoms with E-state index in [0.29, 0.717) is 28.6 Å². The summed E-state index contributed by atoms with van der Waals surface area (Å²) in [6.07, 6.45) is 9.49. The molecule has 1 aliphatic carbocycles. The Morgan fingerprint density at radius 2 is 1.86 bits per heavy atom. The van der Waals surface area contributed by atoms with Crippen LogP contribution in [0, 0.1) is 16.9 Å². The fraction of sp³-hybridized carbons (Fsp3) is 0.192. The maximum Gasteiger partial charge on any atom is 0.217 e. The van der Waals surface area contributed by atoms with Crippen LogP contribution in [0.1, 0.15) is 31.0 Å². The molecule has 1 aliphatic rings. The van der Waals surface area contributed by atoms with Crippen LogP contribution in [0.25, 0.3) is 27.9 Å². The van der Waals surface area contributed by atoms with Crippen molar-refractivity contribution in [3.63, 3.8) is 0 Å². The minimum atomic E-state index is -0.655. The molecule has 3 aromatic heterocycles. The Labute approximate surface area is 216 Å². The van der Waals surface area contributed by atoms with Crippen molar-refractivity contribution < 1.29 is 9.12 Å². The number of benzene rings is 2. The second kappa shape index (κ2) is 9.29. The monoisotopic (exact) mass is 516 g/mol. The van der Waals surface area contributed by atoms with Crippen molar-refractivity contribution in [3.8, 4) is 27.9 Å². The smallest absolute Gasteiger partial charge is 0.217 e. The quantitative estimate of drug-likeness (QED) is 0.192. The fourth-order valence-corrected chi connectivity index (χ4v) is 4.70. The van der Waals surface area contributed by atoms with E-state index in [-0.39, 0.29) is 16.6 Å². The number of pyridine rings is 1. The van der Waals surface area contributed by atoms with Crippen LogP contribution in [-0.4, -0.2) is 30.0 Å². The van der Waals surface area contributed by atoms with Gasteiger partial charge in [-0.15, -0.1) is 5.10 Å². The number of tetrazole rings is 1. The molecule has 0 radical (unpaired) electrons. The summed E-state index contributed by atoms with van der Waals surface area (Å²) in [5.41, 5.74) is 9.82. The maximum atomic E-state index is 15.2. The highest BCUT2D eigenvalue weighted by atomic mass is 35.5. The molecule has 9 nitrogen and oxygen atoms in total. The molecule has 1 saturated carbocycles. The number of nitrogens with zero attached hydrogens (tertiary/aromatic N) is 7. The zero-order valence-electron chi connectivity index (χ0n) is 19.6. The van der Waals surface area contributed by atoms with Crippen LogP contribution in [0.2, 0.25) is 5.02 Å². The molecule has 1 unspecified atom stereocenters. The van der Waals surface area contributed by atoms with Gasteiger partial charge in [-0.05, 0) is 58.7 Å². The van der Waals surface area contributed by atoms with Crippen molar-refractivity contribution in [2.75, 3.05) is 5.73 Å². The molecule has 6 rings (SSSR count).